The Kier molecular flexibility index (Phi) is 3.19. The van der Waals surface area contributed by atoms with Crippen LogP contribution in [0.15, 0.2) is 22.9 Å². The second kappa shape index (κ2) is 4.63. The maximum Gasteiger partial charge on any atom is 0.276 e. The van der Waals surface area contributed by atoms with Gasteiger partial charge in [0.2, 0.25) is 0 Å². The largest absolute Gasteiger partial charge is 0.332 e. The molecule has 1 atom stereocenters. The third-order valence-corrected chi connectivity index (χ3v) is 2.67. The average molecular weight is 232 g/mol. The van der Waals surface area contributed by atoms with Crippen molar-refractivity contribution in [2.24, 2.45) is 11.7 Å². The standard InChI is InChI=1S/C12H16N4O/c1-7(2)9(13)11-15-12(17-16-11)10-8(3)5-4-6-14-10/h4-7,9H,13H2,1-3H3. The Morgan fingerprint density at radius 1 is 1.35 bits per heavy atom. The Labute approximate surface area is 100 Å². The highest BCUT2D eigenvalue weighted by Crippen LogP contribution is 2.22. The van der Waals surface area contributed by atoms with Crippen molar-refractivity contribution in [1.29, 1.82) is 0 Å². The molecular weight excluding hydrogens is 216 g/mol. The van der Waals surface area contributed by atoms with E-state index in [2.05, 4.69) is 15.1 Å². The Morgan fingerprint density at radius 2 is 2.12 bits per heavy atom. The SMILES string of the molecule is Cc1cccnc1-c1nc(C(N)C(C)C)no1. The summed E-state index contributed by atoms with van der Waals surface area (Å²) >= 11 is 0. The van der Waals surface area contributed by atoms with Gasteiger partial charge in [-0.2, -0.15) is 4.98 Å². The Morgan fingerprint density at radius 3 is 2.76 bits per heavy atom. The topological polar surface area (TPSA) is 77.8 Å². The van der Waals surface area contributed by atoms with Crippen molar-refractivity contribution in [3.8, 4) is 11.6 Å². The number of pyridine rings is 1. The van der Waals surface area contributed by atoms with E-state index < -0.39 is 0 Å². The molecule has 2 rings (SSSR count). The van der Waals surface area contributed by atoms with Gasteiger partial charge in [-0.15, -0.1) is 0 Å². The smallest absolute Gasteiger partial charge is 0.276 e. The zero-order chi connectivity index (χ0) is 12.4. The summed E-state index contributed by atoms with van der Waals surface area (Å²) < 4.78 is 5.20. The molecule has 0 bridgehead atoms. The number of rotatable bonds is 3. The fourth-order valence-electron chi connectivity index (χ4n) is 1.47. The molecule has 0 fully saturated rings. The van der Waals surface area contributed by atoms with Gasteiger partial charge in [0.25, 0.3) is 5.89 Å². The molecule has 5 nitrogen and oxygen atoms in total. The molecule has 2 aromatic heterocycles. The van der Waals surface area contributed by atoms with E-state index in [1.165, 1.54) is 0 Å². The predicted molar refractivity (Wildman–Crippen MR) is 64.0 cm³/mol. The van der Waals surface area contributed by atoms with E-state index in [1.807, 2.05) is 32.9 Å². The van der Waals surface area contributed by atoms with Crippen molar-refractivity contribution in [2.45, 2.75) is 26.8 Å². The molecule has 0 aliphatic heterocycles. The number of hydrogen-bond donors (Lipinski definition) is 1. The molecule has 0 amide bonds. The maximum atomic E-state index is 5.96. The van der Waals surface area contributed by atoms with Crippen LogP contribution < -0.4 is 5.73 Å². The molecule has 0 radical (unpaired) electrons. The molecule has 17 heavy (non-hydrogen) atoms. The van der Waals surface area contributed by atoms with Crippen LogP contribution >= 0.6 is 0 Å². The van der Waals surface area contributed by atoms with Crippen LogP contribution in [0.5, 0.6) is 0 Å². The predicted octanol–water partition coefficient (Wildman–Crippen LogP) is 2.10. The highest BCUT2D eigenvalue weighted by molar-refractivity contribution is 5.51. The minimum atomic E-state index is -0.212. The summed E-state index contributed by atoms with van der Waals surface area (Å²) in [6.45, 7) is 5.99. The number of nitrogens with two attached hydrogens (primary N) is 1. The summed E-state index contributed by atoms with van der Waals surface area (Å²) in [6, 6.07) is 3.61. The second-order valence-electron chi connectivity index (χ2n) is 4.40. The van der Waals surface area contributed by atoms with E-state index in [9.17, 15) is 0 Å². The van der Waals surface area contributed by atoms with Crippen molar-refractivity contribution in [1.82, 2.24) is 15.1 Å². The van der Waals surface area contributed by atoms with Gasteiger partial charge >= 0.3 is 0 Å². The van der Waals surface area contributed by atoms with E-state index in [0.717, 1.165) is 5.56 Å². The molecule has 2 aromatic rings. The van der Waals surface area contributed by atoms with Crippen molar-refractivity contribution >= 4 is 0 Å². The van der Waals surface area contributed by atoms with Gasteiger partial charge in [-0.3, -0.25) is 4.98 Å². The van der Waals surface area contributed by atoms with Crippen LogP contribution in [-0.2, 0) is 0 Å². The van der Waals surface area contributed by atoms with Crippen LogP contribution in [0.25, 0.3) is 11.6 Å². The summed E-state index contributed by atoms with van der Waals surface area (Å²) in [5.41, 5.74) is 7.67. The normalized spacial score (nSPS) is 13.0. The highest BCUT2D eigenvalue weighted by atomic mass is 16.5. The third kappa shape index (κ3) is 2.34. The Balaban J connectivity index is 2.34. The summed E-state index contributed by atoms with van der Waals surface area (Å²) in [7, 11) is 0. The molecule has 2 heterocycles. The summed E-state index contributed by atoms with van der Waals surface area (Å²) in [4.78, 5) is 8.53. The van der Waals surface area contributed by atoms with Crippen LogP contribution in [0.4, 0.5) is 0 Å². The Hall–Kier alpha value is -1.75. The van der Waals surface area contributed by atoms with Crippen LogP contribution in [0.2, 0.25) is 0 Å². The number of nitrogens with zero attached hydrogens (tertiary/aromatic N) is 3. The average Bonchev–Trinajstić information content (AvgIpc) is 2.77. The fourth-order valence-corrected chi connectivity index (χ4v) is 1.47. The van der Waals surface area contributed by atoms with Crippen molar-refractivity contribution in [3.63, 3.8) is 0 Å². The summed E-state index contributed by atoms with van der Waals surface area (Å²) in [5.74, 6) is 1.22. The third-order valence-electron chi connectivity index (χ3n) is 2.67. The van der Waals surface area contributed by atoms with Gasteiger partial charge < -0.3 is 10.3 Å². The minimum absolute atomic E-state index is 0.212. The second-order valence-corrected chi connectivity index (χ2v) is 4.40. The van der Waals surface area contributed by atoms with Gasteiger partial charge in [0.15, 0.2) is 5.82 Å². The first-order valence-electron chi connectivity index (χ1n) is 5.60. The molecular formula is C12H16N4O. The molecule has 0 saturated heterocycles. The lowest BCUT2D eigenvalue weighted by atomic mass is 10.1. The monoisotopic (exact) mass is 232 g/mol. The van der Waals surface area contributed by atoms with Gasteiger partial charge in [0.1, 0.15) is 5.69 Å². The van der Waals surface area contributed by atoms with Gasteiger partial charge in [-0.1, -0.05) is 25.1 Å². The number of aromatic nitrogens is 3. The molecule has 0 saturated carbocycles. The first-order chi connectivity index (χ1) is 8.09. The number of aryl methyl sites for hydroxylation is 1. The lowest BCUT2D eigenvalue weighted by molar-refractivity contribution is 0.399. The first-order valence-corrected chi connectivity index (χ1v) is 5.60. The highest BCUT2D eigenvalue weighted by Gasteiger charge is 2.19. The van der Waals surface area contributed by atoms with Gasteiger partial charge in [-0.25, -0.2) is 0 Å². The lowest BCUT2D eigenvalue weighted by Crippen LogP contribution is -2.18. The molecule has 0 aromatic carbocycles. The van der Waals surface area contributed by atoms with E-state index in [-0.39, 0.29) is 12.0 Å². The molecule has 2 N–H and O–H groups in total. The minimum Gasteiger partial charge on any atom is -0.332 e. The summed E-state index contributed by atoms with van der Waals surface area (Å²) in [6.07, 6.45) is 1.70. The van der Waals surface area contributed by atoms with Gasteiger partial charge in [-0.05, 0) is 24.5 Å². The van der Waals surface area contributed by atoms with Crippen LogP contribution in [-0.4, -0.2) is 15.1 Å². The number of hydrogen-bond acceptors (Lipinski definition) is 5. The van der Waals surface area contributed by atoms with E-state index in [4.69, 9.17) is 10.3 Å². The first kappa shape index (κ1) is 11.7. The quantitative estimate of drug-likeness (QED) is 0.876. The maximum absolute atomic E-state index is 5.96. The lowest BCUT2D eigenvalue weighted by Gasteiger charge is -2.09. The van der Waals surface area contributed by atoms with Crippen molar-refractivity contribution in [3.05, 3.63) is 29.7 Å². The molecule has 0 aliphatic carbocycles. The zero-order valence-corrected chi connectivity index (χ0v) is 10.2. The Bertz CT molecular complexity index is 507. The van der Waals surface area contributed by atoms with E-state index in [0.29, 0.717) is 17.4 Å². The molecule has 5 heteroatoms. The van der Waals surface area contributed by atoms with Crippen molar-refractivity contribution in [2.75, 3.05) is 0 Å². The van der Waals surface area contributed by atoms with Crippen LogP contribution in [0, 0.1) is 12.8 Å². The molecule has 0 aliphatic rings. The van der Waals surface area contributed by atoms with E-state index in [1.54, 1.807) is 6.20 Å². The van der Waals surface area contributed by atoms with Gasteiger partial charge in [0.05, 0.1) is 6.04 Å². The zero-order valence-electron chi connectivity index (χ0n) is 10.2. The summed E-state index contributed by atoms with van der Waals surface area (Å²) in [5, 5.41) is 3.90. The van der Waals surface area contributed by atoms with Crippen LogP contribution in [0.1, 0.15) is 31.3 Å². The fraction of sp³-hybridized carbons (Fsp3) is 0.417. The molecule has 0 spiro atoms. The molecule has 90 valence electrons. The van der Waals surface area contributed by atoms with Crippen molar-refractivity contribution < 1.29 is 4.52 Å². The molecule has 1 unspecified atom stereocenters. The van der Waals surface area contributed by atoms with Crippen LogP contribution in [0.3, 0.4) is 0 Å². The van der Waals surface area contributed by atoms with Gasteiger partial charge in [0, 0.05) is 6.20 Å². The van der Waals surface area contributed by atoms with E-state index >= 15 is 0 Å².